The van der Waals surface area contributed by atoms with E-state index < -0.39 is 11.7 Å². The first kappa shape index (κ1) is 15.9. The van der Waals surface area contributed by atoms with E-state index in [9.17, 15) is 14.0 Å². The summed E-state index contributed by atoms with van der Waals surface area (Å²) in [5.41, 5.74) is 0.660. The van der Waals surface area contributed by atoms with Gasteiger partial charge in [-0.3, -0.25) is 14.6 Å². The third-order valence-electron chi connectivity index (χ3n) is 2.77. The van der Waals surface area contributed by atoms with Crippen LogP contribution in [0.15, 0.2) is 36.5 Å². The highest BCUT2D eigenvalue weighted by molar-refractivity contribution is 6.31. The van der Waals surface area contributed by atoms with Crippen molar-refractivity contribution in [1.29, 1.82) is 0 Å². The summed E-state index contributed by atoms with van der Waals surface area (Å²) in [6.45, 7) is 0. The number of benzene rings is 1. The van der Waals surface area contributed by atoms with Crippen LogP contribution in [0.4, 0.5) is 10.1 Å². The summed E-state index contributed by atoms with van der Waals surface area (Å²) >= 11 is 5.72. The first-order valence-electron chi connectivity index (χ1n) is 6.32. The number of nitrogens with zero attached hydrogens (tertiary/aromatic N) is 2. The number of rotatable bonds is 3. The lowest BCUT2D eigenvalue weighted by Gasteiger charge is -2.11. The van der Waals surface area contributed by atoms with Crippen LogP contribution in [0, 0.1) is 5.82 Å². The molecule has 0 atom stereocenters. The standard InChI is InChI=1S/C15H13ClFN3O2/c1-20(2)15(22)13-8-12(3-4-18-13)19-14(21)9-5-10(16)7-11(17)6-9/h3-8H,1-2H3,(H,18,19,21). The van der Waals surface area contributed by atoms with Crippen molar-refractivity contribution in [3.8, 4) is 0 Å². The molecule has 0 aliphatic carbocycles. The van der Waals surface area contributed by atoms with E-state index in [2.05, 4.69) is 10.3 Å². The van der Waals surface area contributed by atoms with Gasteiger partial charge in [0.05, 0.1) is 0 Å². The molecule has 2 aromatic rings. The molecule has 0 saturated carbocycles. The molecule has 114 valence electrons. The van der Waals surface area contributed by atoms with Gasteiger partial charge < -0.3 is 10.2 Å². The van der Waals surface area contributed by atoms with Gasteiger partial charge in [-0.2, -0.15) is 0 Å². The molecule has 0 saturated heterocycles. The molecule has 2 rings (SSSR count). The van der Waals surface area contributed by atoms with Gasteiger partial charge in [0.15, 0.2) is 0 Å². The maximum atomic E-state index is 13.3. The van der Waals surface area contributed by atoms with Crippen LogP contribution in [0.25, 0.3) is 0 Å². The summed E-state index contributed by atoms with van der Waals surface area (Å²) < 4.78 is 13.3. The van der Waals surface area contributed by atoms with Gasteiger partial charge in [0, 0.05) is 36.6 Å². The first-order valence-corrected chi connectivity index (χ1v) is 6.70. The number of aromatic nitrogens is 1. The maximum absolute atomic E-state index is 13.3. The normalized spacial score (nSPS) is 10.2. The third-order valence-corrected chi connectivity index (χ3v) is 2.99. The molecule has 0 unspecified atom stereocenters. The molecule has 1 heterocycles. The number of hydrogen-bond acceptors (Lipinski definition) is 3. The van der Waals surface area contributed by atoms with E-state index in [0.29, 0.717) is 5.69 Å². The zero-order chi connectivity index (χ0) is 16.3. The highest BCUT2D eigenvalue weighted by Crippen LogP contribution is 2.16. The quantitative estimate of drug-likeness (QED) is 0.945. The molecule has 1 aromatic carbocycles. The second-order valence-corrected chi connectivity index (χ2v) is 5.18. The zero-order valence-corrected chi connectivity index (χ0v) is 12.7. The van der Waals surface area contributed by atoms with Crippen molar-refractivity contribution < 1.29 is 14.0 Å². The van der Waals surface area contributed by atoms with Crippen LogP contribution in [0.2, 0.25) is 5.02 Å². The summed E-state index contributed by atoms with van der Waals surface area (Å²) in [5.74, 6) is -1.42. The summed E-state index contributed by atoms with van der Waals surface area (Å²) in [6, 6.07) is 6.52. The molecule has 2 amide bonds. The van der Waals surface area contributed by atoms with Crippen molar-refractivity contribution in [2.75, 3.05) is 19.4 Å². The molecular formula is C15H13ClFN3O2. The van der Waals surface area contributed by atoms with Crippen LogP contribution in [0.3, 0.4) is 0 Å². The highest BCUT2D eigenvalue weighted by Gasteiger charge is 2.12. The van der Waals surface area contributed by atoms with Gasteiger partial charge in [-0.1, -0.05) is 11.6 Å². The minimum Gasteiger partial charge on any atom is -0.343 e. The number of hydrogen-bond donors (Lipinski definition) is 1. The Bertz CT molecular complexity index is 714. The Labute approximate surface area is 131 Å². The van der Waals surface area contributed by atoms with Gasteiger partial charge in [0.2, 0.25) is 0 Å². The van der Waals surface area contributed by atoms with Crippen molar-refractivity contribution in [3.63, 3.8) is 0 Å². The van der Waals surface area contributed by atoms with Crippen molar-refractivity contribution in [3.05, 3.63) is 58.6 Å². The SMILES string of the molecule is CN(C)C(=O)c1cc(NC(=O)c2cc(F)cc(Cl)c2)ccn1. The lowest BCUT2D eigenvalue weighted by Crippen LogP contribution is -2.23. The third kappa shape index (κ3) is 3.79. The van der Waals surface area contributed by atoms with E-state index in [0.717, 1.165) is 12.1 Å². The van der Waals surface area contributed by atoms with Gasteiger partial charge in [-0.05, 0) is 30.3 Å². The van der Waals surface area contributed by atoms with Crippen molar-refractivity contribution in [1.82, 2.24) is 9.88 Å². The van der Waals surface area contributed by atoms with Crippen LogP contribution in [0.5, 0.6) is 0 Å². The fraction of sp³-hybridized carbons (Fsp3) is 0.133. The van der Waals surface area contributed by atoms with Gasteiger partial charge in [-0.15, -0.1) is 0 Å². The van der Waals surface area contributed by atoms with Gasteiger partial charge in [0.1, 0.15) is 11.5 Å². The largest absolute Gasteiger partial charge is 0.343 e. The molecule has 0 radical (unpaired) electrons. The van der Waals surface area contributed by atoms with Crippen LogP contribution in [-0.2, 0) is 0 Å². The maximum Gasteiger partial charge on any atom is 0.272 e. The van der Waals surface area contributed by atoms with E-state index in [-0.39, 0.29) is 22.2 Å². The molecule has 0 fully saturated rings. The monoisotopic (exact) mass is 321 g/mol. The molecule has 22 heavy (non-hydrogen) atoms. The zero-order valence-electron chi connectivity index (χ0n) is 11.9. The predicted molar refractivity (Wildman–Crippen MR) is 81.6 cm³/mol. The van der Waals surface area contributed by atoms with E-state index in [1.165, 1.54) is 29.3 Å². The Balaban J connectivity index is 2.21. The number of amides is 2. The molecule has 5 nitrogen and oxygen atoms in total. The molecule has 0 aliphatic heterocycles. The predicted octanol–water partition coefficient (Wildman–Crippen LogP) is 2.83. The lowest BCUT2D eigenvalue weighted by atomic mass is 10.2. The number of halogens is 2. The van der Waals surface area contributed by atoms with Gasteiger partial charge >= 0.3 is 0 Å². The second kappa shape index (κ2) is 6.53. The Morgan fingerprint density at radius 1 is 1.23 bits per heavy atom. The fourth-order valence-corrected chi connectivity index (χ4v) is 1.96. The fourth-order valence-electron chi connectivity index (χ4n) is 1.74. The summed E-state index contributed by atoms with van der Waals surface area (Å²) in [7, 11) is 3.20. The number of anilines is 1. The van der Waals surface area contributed by atoms with E-state index >= 15 is 0 Å². The average Bonchev–Trinajstić information content (AvgIpc) is 2.45. The number of carbonyl (C=O) groups is 2. The summed E-state index contributed by atoms with van der Waals surface area (Å²) in [4.78, 5) is 29.2. The number of carbonyl (C=O) groups excluding carboxylic acids is 2. The molecule has 0 aliphatic rings. The van der Waals surface area contributed by atoms with Gasteiger partial charge in [0.25, 0.3) is 11.8 Å². The summed E-state index contributed by atoms with van der Waals surface area (Å²) in [6.07, 6.45) is 1.41. The van der Waals surface area contributed by atoms with Gasteiger partial charge in [-0.25, -0.2) is 4.39 Å². The smallest absolute Gasteiger partial charge is 0.272 e. The minimum atomic E-state index is -0.601. The van der Waals surface area contributed by atoms with Crippen molar-refractivity contribution >= 4 is 29.1 Å². The average molecular weight is 322 g/mol. The van der Waals surface area contributed by atoms with Crippen molar-refractivity contribution in [2.45, 2.75) is 0 Å². The molecule has 0 bridgehead atoms. The first-order chi connectivity index (χ1) is 10.4. The highest BCUT2D eigenvalue weighted by atomic mass is 35.5. The molecular weight excluding hydrogens is 309 g/mol. The number of pyridine rings is 1. The molecule has 7 heteroatoms. The Morgan fingerprint density at radius 3 is 2.59 bits per heavy atom. The lowest BCUT2D eigenvalue weighted by molar-refractivity contribution is 0.0821. The van der Waals surface area contributed by atoms with Crippen LogP contribution >= 0.6 is 11.6 Å². The topological polar surface area (TPSA) is 62.3 Å². The second-order valence-electron chi connectivity index (χ2n) is 4.74. The van der Waals surface area contributed by atoms with E-state index in [4.69, 9.17) is 11.6 Å². The molecule has 1 N–H and O–H groups in total. The van der Waals surface area contributed by atoms with Crippen molar-refractivity contribution in [2.24, 2.45) is 0 Å². The summed E-state index contributed by atoms with van der Waals surface area (Å²) in [5, 5.41) is 2.70. The Morgan fingerprint density at radius 2 is 1.95 bits per heavy atom. The van der Waals surface area contributed by atoms with Crippen LogP contribution in [-0.4, -0.2) is 35.8 Å². The van der Waals surface area contributed by atoms with E-state index in [1.807, 2.05) is 0 Å². The van der Waals surface area contributed by atoms with Crippen LogP contribution in [0.1, 0.15) is 20.8 Å². The van der Waals surface area contributed by atoms with Crippen LogP contribution < -0.4 is 5.32 Å². The molecule has 1 aromatic heterocycles. The Hall–Kier alpha value is -2.47. The Kier molecular flexibility index (Phi) is 4.72. The molecule has 0 spiro atoms. The number of nitrogens with one attached hydrogen (secondary N) is 1. The van der Waals surface area contributed by atoms with E-state index in [1.54, 1.807) is 14.1 Å². The minimum absolute atomic E-state index is 0.0855.